The van der Waals surface area contributed by atoms with Gasteiger partial charge in [0.25, 0.3) is 0 Å². The van der Waals surface area contributed by atoms with Gasteiger partial charge >= 0.3 is 5.97 Å². The fraction of sp³-hybridized carbons (Fsp3) is 0.474. The van der Waals surface area contributed by atoms with Gasteiger partial charge in [0.1, 0.15) is 12.2 Å². The molecule has 2 aliphatic rings. The number of hydrogen-bond acceptors (Lipinski definition) is 4. The Morgan fingerprint density at radius 3 is 2.65 bits per heavy atom. The Labute approximate surface area is 149 Å². The van der Waals surface area contributed by atoms with Crippen LogP contribution < -0.4 is 10.2 Å². The fourth-order valence-electron chi connectivity index (χ4n) is 3.56. The lowest BCUT2D eigenvalue weighted by Gasteiger charge is -2.16. The van der Waals surface area contributed by atoms with E-state index in [4.69, 9.17) is 4.74 Å². The van der Waals surface area contributed by atoms with Crippen LogP contribution in [0.25, 0.3) is 10.9 Å². The van der Waals surface area contributed by atoms with E-state index in [1.165, 1.54) is 25.1 Å². The summed E-state index contributed by atoms with van der Waals surface area (Å²) < 4.78 is 21.8. The van der Waals surface area contributed by atoms with E-state index in [1.807, 2.05) is 0 Å². The van der Waals surface area contributed by atoms with Crippen LogP contribution in [0, 0.1) is 5.82 Å². The zero-order chi connectivity index (χ0) is 18.3. The van der Waals surface area contributed by atoms with E-state index in [0.29, 0.717) is 12.1 Å². The molecule has 1 aromatic carbocycles. The van der Waals surface area contributed by atoms with E-state index in [2.05, 4.69) is 4.90 Å². The molecule has 26 heavy (non-hydrogen) atoms. The molecule has 4 rings (SSSR count). The standard InChI is InChI=1S/C19H21FN2O4/c20-15-9-13-16(10-17(15)26-8-7-21-5-1-2-6-21)22(12-3-4-12)11-14(18(13)23)19(24)25/h9-12H,1-8H2,(H,24,25). The zero-order valence-electron chi connectivity index (χ0n) is 14.4. The molecule has 2 heterocycles. The second-order valence-electron chi connectivity index (χ2n) is 7.01. The van der Waals surface area contributed by atoms with E-state index >= 15 is 0 Å². The molecule has 1 saturated carbocycles. The van der Waals surface area contributed by atoms with E-state index in [-0.39, 0.29) is 22.7 Å². The summed E-state index contributed by atoms with van der Waals surface area (Å²) in [5.41, 5.74) is -0.460. The second-order valence-corrected chi connectivity index (χ2v) is 7.01. The smallest absolute Gasteiger partial charge is 0.341 e. The third-order valence-corrected chi connectivity index (χ3v) is 5.12. The molecule has 6 nitrogen and oxygen atoms in total. The molecule has 1 aliphatic carbocycles. The average molecular weight is 360 g/mol. The SMILES string of the molecule is O=C(O)c1cn(C2CC2)c2cc(OCCN3CCCC3)c(F)cc2c1=O. The molecular weight excluding hydrogens is 339 g/mol. The Kier molecular flexibility index (Phi) is 4.40. The summed E-state index contributed by atoms with van der Waals surface area (Å²) in [7, 11) is 0. The number of benzene rings is 1. The monoisotopic (exact) mass is 360 g/mol. The van der Waals surface area contributed by atoms with Crippen LogP contribution in [0.4, 0.5) is 4.39 Å². The van der Waals surface area contributed by atoms with Gasteiger partial charge in [-0.15, -0.1) is 0 Å². The number of likely N-dealkylation sites (tertiary alicyclic amines) is 1. The lowest BCUT2D eigenvalue weighted by atomic mass is 10.1. The summed E-state index contributed by atoms with van der Waals surface area (Å²) >= 11 is 0. The number of halogens is 1. The number of rotatable bonds is 6. The summed E-state index contributed by atoms with van der Waals surface area (Å²) in [4.78, 5) is 26.0. The number of pyridine rings is 1. The van der Waals surface area contributed by atoms with Crippen molar-refractivity contribution in [3.8, 4) is 5.75 Å². The van der Waals surface area contributed by atoms with Gasteiger partial charge in [-0.05, 0) is 44.8 Å². The number of aromatic nitrogens is 1. The Morgan fingerprint density at radius 2 is 2.00 bits per heavy atom. The van der Waals surface area contributed by atoms with Crippen LogP contribution in [-0.4, -0.2) is 46.8 Å². The number of hydrogen-bond donors (Lipinski definition) is 1. The Morgan fingerprint density at radius 1 is 1.27 bits per heavy atom. The van der Waals surface area contributed by atoms with Gasteiger partial charge < -0.3 is 14.4 Å². The van der Waals surface area contributed by atoms with Crippen LogP contribution >= 0.6 is 0 Å². The lowest BCUT2D eigenvalue weighted by Crippen LogP contribution is -2.25. The van der Waals surface area contributed by atoms with Crippen molar-refractivity contribution in [1.29, 1.82) is 0 Å². The van der Waals surface area contributed by atoms with Crippen LogP contribution in [0.3, 0.4) is 0 Å². The molecule has 0 amide bonds. The number of carboxylic acids is 1. The summed E-state index contributed by atoms with van der Waals surface area (Å²) in [5, 5.41) is 9.34. The first-order chi connectivity index (χ1) is 12.5. The molecule has 138 valence electrons. The maximum Gasteiger partial charge on any atom is 0.341 e. The van der Waals surface area contributed by atoms with Gasteiger partial charge in [-0.25, -0.2) is 9.18 Å². The second kappa shape index (κ2) is 6.72. The molecule has 1 aliphatic heterocycles. The molecule has 1 saturated heterocycles. The molecule has 1 N–H and O–H groups in total. The van der Waals surface area contributed by atoms with Gasteiger partial charge in [0.05, 0.1) is 5.52 Å². The molecular formula is C19H21FN2O4. The van der Waals surface area contributed by atoms with Gasteiger partial charge in [-0.2, -0.15) is 0 Å². The Hall–Kier alpha value is -2.41. The van der Waals surface area contributed by atoms with Crippen molar-refractivity contribution in [3.63, 3.8) is 0 Å². The highest BCUT2D eigenvalue weighted by Gasteiger charge is 2.27. The highest BCUT2D eigenvalue weighted by Crippen LogP contribution is 2.38. The molecule has 1 aromatic heterocycles. The third-order valence-electron chi connectivity index (χ3n) is 5.12. The molecule has 0 atom stereocenters. The number of fused-ring (bicyclic) bond motifs is 1. The van der Waals surface area contributed by atoms with Crippen molar-refractivity contribution in [2.24, 2.45) is 0 Å². The highest BCUT2D eigenvalue weighted by atomic mass is 19.1. The summed E-state index contributed by atoms with van der Waals surface area (Å²) in [6, 6.07) is 2.79. The molecule has 0 unspecified atom stereocenters. The van der Waals surface area contributed by atoms with Gasteiger partial charge in [-0.1, -0.05) is 0 Å². The van der Waals surface area contributed by atoms with Crippen molar-refractivity contribution >= 4 is 16.9 Å². The van der Waals surface area contributed by atoms with Gasteiger partial charge in [0, 0.05) is 30.2 Å². The van der Waals surface area contributed by atoms with Crippen molar-refractivity contribution < 1.29 is 19.0 Å². The number of carboxylic acid groups (broad SMARTS) is 1. The first kappa shape index (κ1) is 17.0. The molecule has 7 heteroatoms. The van der Waals surface area contributed by atoms with Gasteiger partial charge in [0.15, 0.2) is 11.6 Å². The van der Waals surface area contributed by atoms with Gasteiger partial charge in [-0.3, -0.25) is 9.69 Å². The number of carbonyl (C=O) groups is 1. The van der Waals surface area contributed by atoms with E-state index < -0.39 is 17.2 Å². The average Bonchev–Trinajstić information content (AvgIpc) is 3.32. The van der Waals surface area contributed by atoms with Crippen LogP contribution in [0.5, 0.6) is 5.75 Å². The number of nitrogens with zero attached hydrogens (tertiary/aromatic N) is 2. The summed E-state index contributed by atoms with van der Waals surface area (Å²) in [6.07, 6.45) is 5.57. The quantitative estimate of drug-likeness (QED) is 0.857. The van der Waals surface area contributed by atoms with Crippen molar-refractivity contribution in [2.75, 3.05) is 26.2 Å². The number of aromatic carboxylic acids is 1. The van der Waals surface area contributed by atoms with E-state index in [1.54, 1.807) is 4.57 Å². The fourth-order valence-corrected chi connectivity index (χ4v) is 3.56. The first-order valence-corrected chi connectivity index (χ1v) is 9.01. The molecule has 0 bridgehead atoms. The summed E-state index contributed by atoms with van der Waals surface area (Å²) in [6.45, 7) is 3.21. The predicted molar refractivity (Wildman–Crippen MR) is 94.6 cm³/mol. The summed E-state index contributed by atoms with van der Waals surface area (Å²) in [5.74, 6) is -1.83. The maximum atomic E-state index is 14.4. The van der Waals surface area contributed by atoms with Crippen LogP contribution in [0.1, 0.15) is 42.1 Å². The minimum atomic E-state index is -1.29. The van der Waals surface area contributed by atoms with Crippen LogP contribution in [-0.2, 0) is 0 Å². The minimum absolute atomic E-state index is 0.0844. The maximum absolute atomic E-state index is 14.4. The Balaban J connectivity index is 1.68. The Bertz CT molecular complexity index is 914. The van der Waals surface area contributed by atoms with Crippen molar-refractivity contribution in [2.45, 2.75) is 31.7 Å². The van der Waals surface area contributed by atoms with E-state index in [9.17, 15) is 19.1 Å². The van der Waals surface area contributed by atoms with Crippen LogP contribution in [0.15, 0.2) is 23.1 Å². The van der Waals surface area contributed by atoms with Crippen molar-refractivity contribution in [1.82, 2.24) is 9.47 Å². The van der Waals surface area contributed by atoms with Crippen molar-refractivity contribution in [3.05, 3.63) is 39.9 Å². The molecule has 2 fully saturated rings. The first-order valence-electron chi connectivity index (χ1n) is 9.01. The number of ether oxygens (including phenoxy) is 1. The zero-order valence-corrected chi connectivity index (χ0v) is 14.4. The minimum Gasteiger partial charge on any atom is -0.489 e. The van der Waals surface area contributed by atoms with E-state index in [0.717, 1.165) is 38.5 Å². The van der Waals surface area contributed by atoms with Crippen LogP contribution in [0.2, 0.25) is 0 Å². The third kappa shape index (κ3) is 3.19. The van der Waals surface area contributed by atoms with Gasteiger partial charge in [0.2, 0.25) is 5.43 Å². The highest BCUT2D eigenvalue weighted by molar-refractivity contribution is 5.93. The molecule has 2 aromatic rings. The molecule has 0 spiro atoms. The lowest BCUT2D eigenvalue weighted by molar-refractivity contribution is 0.0695. The topological polar surface area (TPSA) is 71.8 Å². The normalized spacial score (nSPS) is 17.7. The predicted octanol–water partition coefficient (Wildman–Crippen LogP) is 2.65. The molecule has 0 radical (unpaired) electrons. The largest absolute Gasteiger partial charge is 0.489 e.